The van der Waals surface area contributed by atoms with Crippen molar-refractivity contribution >= 4 is 5.96 Å². The number of rotatable bonds is 11. The molecule has 0 unspecified atom stereocenters. The fourth-order valence-corrected chi connectivity index (χ4v) is 2.54. The quantitative estimate of drug-likeness (QED) is 0.439. The molecule has 0 saturated carbocycles. The monoisotopic (exact) mass is 406 g/mol. The Kier molecular flexibility index (Phi) is 9.68. The van der Waals surface area contributed by atoms with Crippen molar-refractivity contribution in [2.75, 3.05) is 19.7 Å². The van der Waals surface area contributed by atoms with E-state index in [9.17, 15) is 8.78 Å². The summed E-state index contributed by atoms with van der Waals surface area (Å²) in [5, 5.41) is 6.37. The summed E-state index contributed by atoms with van der Waals surface area (Å²) < 4.78 is 35.8. The van der Waals surface area contributed by atoms with Crippen LogP contribution in [0.5, 0.6) is 11.5 Å². The number of alkyl halides is 2. The standard InChI is InChI=1S/C21H28F2N4O2/c1-3-13-28-18-9-8-16(19(14-18)29-20(22)23)15-27-21(24-4-2)26-12-10-17-7-5-6-11-25-17/h5-9,11,14,20H,3-4,10,12-13,15H2,1-2H3,(H2,24,26,27). The van der Waals surface area contributed by atoms with E-state index < -0.39 is 6.61 Å². The van der Waals surface area contributed by atoms with Crippen molar-refractivity contribution in [1.82, 2.24) is 15.6 Å². The number of halogens is 2. The molecule has 0 aliphatic carbocycles. The maximum Gasteiger partial charge on any atom is 0.387 e. The van der Waals surface area contributed by atoms with Crippen LogP contribution in [0.3, 0.4) is 0 Å². The fourth-order valence-electron chi connectivity index (χ4n) is 2.54. The minimum atomic E-state index is -2.91. The molecule has 1 aromatic carbocycles. The Hall–Kier alpha value is -2.90. The first-order valence-electron chi connectivity index (χ1n) is 9.75. The summed E-state index contributed by atoms with van der Waals surface area (Å²) in [6.45, 7) is 3.05. The van der Waals surface area contributed by atoms with E-state index in [1.54, 1.807) is 18.3 Å². The third-order valence-electron chi connectivity index (χ3n) is 3.88. The first-order chi connectivity index (χ1) is 14.1. The lowest BCUT2D eigenvalue weighted by Crippen LogP contribution is -2.38. The van der Waals surface area contributed by atoms with Gasteiger partial charge in [-0.05, 0) is 37.6 Å². The van der Waals surface area contributed by atoms with Crippen LogP contribution in [0, 0.1) is 0 Å². The number of nitrogens with zero attached hydrogens (tertiary/aromatic N) is 2. The van der Waals surface area contributed by atoms with Gasteiger partial charge in [-0.2, -0.15) is 8.78 Å². The highest BCUT2D eigenvalue weighted by Gasteiger charge is 2.12. The van der Waals surface area contributed by atoms with E-state index in [0.29, 0.717) is 37.0 Å². The Bertz CT molecular complexity index is 758. The van der Waals surface area contributed by atoms with Crippen LogP contribution in [0.25, 0.3) is 0 Å². The summed E-state index contributed by atoms with van der Waals surface area (Å²) >= 11 is 0. The minimum absolute atomic E-state index is 0.0710. The molecule has 0 aliphatic heterocycles. The second kappa shape index (κ2) is 12.5. The smallest absolute Gasteiger partial charge is 0.387 e. The molecule has 0 saturated heterocycles. The van der Waals surface area contributed by atoms with Gasteiger partial charge in [0.1, 0.15) is 11.5 Å². The lowest BCUT2D eigenvalue weighted by molar-refractivity contribution is -0.0505. The predicted molar refractivity (Wildman–Crippen MR) is 110 cm³/mol. The largest absolute Gasteiger partial charge is 0.493 e. The van der Waals surface area contributed by atoms with Gasteiger partial charge in [0.25, 0.3) is 0 Å². The van der Waals surface area contributed by atoms with E-state index in [2.05, 4.69) is 25.3 Å². The molecular formula is C21H28F2N4O2. The number of hydrogen-bond donors (Lipinski definition) is 2. The van der Waals surface area contributed by atoms with E-state index in [1.807, 2.05) is 32.0 Å². The molecule has 6 nitrogen and oxygen atoms in total. The van der Waals surface area contributed by atoms with Crippen LogP contribution in [0.2, 0.25) is 0 Å². The lowest BCUT2D eigenvalue weighted by Gasteiger charge is -2.14. The van der Waals surface area contributed by atoms with Gasteiger partial charge >= 0.3 is 6.61 Å². The Morgan fingerprint density at radius 1 is 1.17 bits per heavy atom. The molecule has 8 heteroatoms. The van der Waals surface area contributed by atoms with Gasteiger partial charge in [-0.15, -0.1) is 0 Å². The van der Waals surface area contributed by atoms with Crippen molar-refractivity contribution < 1.29 is 18.3 Å². The lowest BCUT2D eigenvalue weighted by atomic mass is 10.2. The predicted octanol–water partition coefficient (Wildman–Crippen LogP) is 3.77. The topological polar surface area (TPSA) is 67.8 Å². The molecule has 1 heterocycles. The molecule has 0 atom stereocenters. The molecule has 0 fully saturated rings. The summed E-state index contributed by atoms with van der Waals surface area (Å²) in [5.41, 5.74) is 1.53. The molecule has 1 aromatic heterocycles. The zero-order valence-electron chi connectivity index (χ0n) is 16.8. The van der Waals surface area contributed by atoms with Gasteiger partial charge in [-0.25, -0.2) is 4.99 Å². The Morgan fingerprint density at radius 3 is 2.72 bits per heavy atom. The van der Waals surface area contributed by atoms with Crippen LogP contribution in [-0.2, 0) is 13.0 Å². The summed E-state index contributed by atoms with van der Waals surface area (Å²) in [7, 11) is 0. The molecule has 158 valence electrons. The molecule has 0 bridgehead atoms. The summed E-state index contributed by atoms with van der Waals surface area (Å²) in [5.74, 6) is 1.16. The van der Waals surface area contributed by atoms with Gasteiger partial charge in [-0.3, -0.25) is 4.98 Å². The van der Waals surface area contributed by atoms with E-state index in [-0.39, 0.29) is 12.3 Å². The Morgan fingerprint density at radius 2 is 2.03 bits per heavy atom. The van der Waals surface area contributed by atoms with E-state index in [0.717, 1.165) is 18.5 Å². The maximum absolute atomic E-state index is 12.8. The van der Waals surface area contributed by atoms with Gasteiger partial charge in [0.15, 0.2) is 5.96 Å². The highest BCUT2D eigenvalue weighted by molar-refractivity contribution is 5.79. The maximum atomic E-state index is 12.8. The average Bonchev–Trinajstić information content (AvgIpc) is 2.71. The molecule has 2 rings (SSSR count). The summed E-state index contributed by atoms with van der Waals surface area (Å²) in [4.78, 5) is 8.77. The summed E-state index contributed by atoms with van der Waals surface area (Å²) in [6.07, 6.45) is 3.33. The first kappa shape index (κ1) is 22.4. The number of pyridine rings is 1. The highest BCUT2D eigenvalue weighted by Crippen LogP contribution is 2.27. The van der Waals surface area contributed by atoms with E-state index >= 15 is 0 Å². The van der Waals surface area contributed by atoms with Gasteiger partial charge in [0.05, 0.1) is 13.2 Å². The molecule has 2 N–H and O–H groups in total. The number of nitrogens with one attached hydrogen (secondary N) is 2. The van der Waals surface area contributed by atoms with Gasteiger partial charge in [0, 0.05) is 43.0 Å². The average molecular weight is 406 g/mol. The zero-order valence-corrected chi connectivity index (χ0v) is 16.8. The number of ether oxygens (including phenoxy) is 2. The van der Waals surface area contributed by atoms with Crippen molar-refractivity contribution in [3.8, 4) is 11.5 Å². The van der Waals surface area contributed by atoms with Crippen LogP contribution < -0.4 is 20.1 Å². The molecule has 29 heavy (non-hydrogen) atoms. The molecule has 0 radical (unpaired) electrons. The van der Waals surface area contributed by atoms with Crippen molar-refractivity contribution in [1.29, 1.82) is 0 Å². The van der Waals surface area contributed by atoms with Crippen LogP contribution in [0.1, 0.15) is 31.5 Å². The van der Waals surface area contributed by atoms with Crippen molar-refractivity contribution in [2.24, 2.45) is 4.99 Å². The van der Waals surface area contributed by atoms with Crippen LogP contribution >= 0.6 is 0 Å². The SMILES string of the molecule is CCCOc1ccc(CN=C(NCC)NCCc2ccccn2)c(OC(F)F)c1. The molecule has 0 amide bonds. The van der Waals surface area contributed by atoms with Crippen molar-refractivity contribution in [3.63, 3.8) is 0 Å². The number of benzene rings is 1. The van der Waals surface area contributed by atoms with Crippen LogP contribution in [-0.4, -0.2) is 37.3 Å². The minimum Gasteiger partial charge on any atom is -0.493 e. The Labute approximate surface area is 170 Å². The number of hydrogen-bond acceptors (Lipinski definition) is 4. The van der Waals surface area contributed by atoms with Gasteiger partial charge in [0.2, 0.25) is 0 Å². The first-order valence-corrected chi connectivity index (χ1v) is 9.75. The number of aromatic nitrogens is 1. The third-order valence-corrected chi connectivity index (χ3v) is 3.88. The molecule has 2 aromatic rings. The second-order valence-corrected chi connectivity index (χ2v) is 6.19. The van der Waals surface area contributed by atoms with Crippen LogP contribution in [0.15, 0.2) is 47.6 Å². The van der Waals surface area contributed by atoms with Crippen molar-refractivity contribution in [2.45, 2.75) is 39.8 Å². The van der Waals surface area contributed by atoms with Crippen LogP contribution in [0.4, 0.5) is 8.78 Å². The Balaban J connectivity index is 2.03. The number of aliphatic imine (C=N–C) groups is 1. The molecular weight excluding hydrogens is 378 g/mol. The fraction of sp³-hybridized carbons (Fsp3) is 0.429. The van der Waals surface area contributed by atoms with Crippen molar-refractivity contribution in [3.05, 3.63) is 53.9 Å². The highest BCUT2D eigenvalue weighted by atomic mass is 19.3. The van der Waals surface area contributed by atoms with E-state index in [1.165, 1.54) is 6.07 Å². The second-order valence-electron chi connectivity index (χ2n) is 6.19. The molecule has 0 aliphatic rings. The van der Waals surface area contributed by atoms with Gasteiger partial charge in [-0.1, -0.05) is 13.0 Å². The van der Waals surface area contributed by atoms with Gasteiger partial charge < -0.3 is 20.1 Å². The zero-order chi connectivity index (χ0) is 20.9. The molecule has 0 spiro atoms. The normalized spacial score (nSPS) is 11.4. The number of guanidine groups is 1. The third kappa shape index (κ3) is 8.33. The van der Waals surface area contributed by atoms with E-state index in [4.69, 9.17) is 4.74 Å². The summed E-state index contributed by atoms with van der Waals surface area (Å²) in [6, 6.07) is 10.7.